The fourth-order valence-corrected chi connectivity index (χ4v) is 2.77. The lowest BCUT2D eigenvalue weighted by molar-refractivity contribution is -0.142. The molecular weight excluding hydrogens is 226 g/mol. The number of aliphatic carboxylic acids is 1. The first-order valence-electron chi connectivity index (χ1n) is 5.44. The summed E-state index contributed by atoms with van der Waals surface area (Å²) in [6, 6.07) is 0. The molecule has 1 saturated carbocycles. The van der Waals surface area contributed by atoms with Gasteiger partial charge in [-0.25, -0.2) is 4.98 Å². The van der Waals surface area contributed by atoms with E-state index in [0.29, 0.717) is 6.54 Å². The van der Waals surface area contributed by atoms with Crippen LogP contribution in [0.5, 0.6) is 0 Å². The molecule has 16 heavy (non-hydrogen) atoms. The summed E-state index contributed by atoms with van der Waals surface area (Å²) in [5.41, 5.74) is 0. The first kappa shape index (κ1) is 11.3. The number of nitrogens with zero attached hydrogens (tertiary/aromatic N) is 2. The van der Waals surface area contributed by atoms with E-state index in [1.165, 1.54) is 11.5 Å². The molecule has 0 bridgehead atoms. The summed E-state index contributed by atoms with van der Waals surface area (Å²) in [7, 11) is 0. The van der Waals surface area contributed by atoms with E-state index in [9.17, 15) is 4.79 Å². The standard InChI is InChI=1S/C10H15N3O2S/c1-6-12-10(16-13-6)11-5-7-3-2-4-8(7)9(14)15/h7-8H,2-5H2,1H3,(H,14,15)(H,11,12,13). The van der Waals surface area contributed by atoms with E-state index in [2.05, 4.69) is 14.7 Å². The molecule has 5 nitrogen and oxygen atoms in total. The minimum absolute atomic E-state index is 0.193. The molecule has 0 aliphatic heterocycles. The largest absolute Gasteiger partial charge is 0.481 e. The summed E-state index contributed by atoms with van der Waals surface area (Å²) in [6.07, 6.45) is 2.80. The number of aromatic nitrogens is 2. The average Bonchev–Trinajstić information content (AvgIpc) is 2.83. The van der Waals surface area contributed by atoms with E-state index in [4.69, 9.17) is 5.11 Å². The van der Waals surface area contributed by atoms with Crippen LogP contribution in [0.15, 0.2) is 0 Å². The zero-order valence-electron chi connectivity index (χ0n) is 9.14. The Balaban J connectivity index is 1.87. The van der Waals surface area contributed by atoms with Crippen LogP contribution in [0.2, 0.25) is 0 Å². The van der Waals surface area contributed by atoms with E-state index in [0.717, 1.165) is 30.2 Å². The average molecular weight is 241 g/mol. The van der Waals surface area contributed by atoms with Gasteiger partial charge in [0.1, 0.15) is 5.82 Å². The molecule has 0 aromatic carbocycles. The van der Waals surface area contributed by atoms with Crippen molar-refractivity contribution in [1.29, 1.82) is 0 Å². The molecule has 1 aliphatic carbocycles. The number of aryl methyl sites for hydroxylation is 1. The summed E-state index contributed by atoms with van der Waals surface area (Å²) in [5.74, 6) is 0.120. The molecule has 2 N–H and O–H groups in total. The van der Waals surface area contributed by atoms with Crippen LogP contribution in [0.4, 0.5) is 5.13 Å². The van der Waals surface area contributed by atoms with Gasteiger partial charge < -0.3 is 10.4 Å². The number of carbonyl (C=O) groups is 1. The van der Waals surface area contributed by atoms with Crippen molar-refractivity contribution in [2.24, 2.45) is 11.8 Å². The third-order valence-electron chi connectivity index (χ3n) is 3.02. The fourth-order valence-electron chi connectivity index (χ4n) is 2.19. The quantitative estimate of drug-likeness (QED) is 0.840. The highest BCUT2D eigenvalue weighted by atomic mass is 32.1. The summed E-state index contributed by atoms with van der Waals surface area (Å²) in [4.78, 5) is 15.2. The minimum Gasteiger partial charge on any atom is -0.481 e. The van der Waals surface area contributed by atoms with E-state index in [-0.39, 0.29) is 11.8 Å². The molecular formula is C10H15N3O2S. The number of hydrogen-bond acceptors (Lipinski definition) is 5. The van der Waals surface area contributed by atoms with E-state index < -0.39 is 5.97 Å². The van der Waals surface area contributed by atoms with Gasteiger partial charge in [0, 0.05) is 18.1 Å². The molecule has 6 heteroatoms. The normalized spacial score (nSPS) is 24.6. The lowest BCUT2D eigenvalue weighted by Gasteiger charge is -2.15. The van der Waals surface area contributed by atoms with Crippen molar-refractivity contribution in [1.82, 2.24) is 9.36 Å². The van der Waals surface area contributed by atoms with Gasteiger partial charge in [-0.3, -0.25) is 4.79 Å². The topological polar surface area (TPSA) is 75.1 Å². The predicted molar refractivity (Wildman–Crippen MR) is 61.6 cm³/mol. The van der Waals surface area contributed by atoms with Crippen LogP contribution >= 0.6 is 11.5 Å². The van der Waals surface area contributed by atoms with Gasteiger partial charge in [0.2, 0.25) is 5.13 Å². The number of carboxylic acids is 1. The van der Waals surface area contributed by atoms with Crippen LogP contribution in [0, 0.1) is 18.8 Å². The van der Waals surface area contributed by atoms with Gasteiger partial charge in [-0.1, -0.05) is 6.42 Å². The van der Waals surface area contributed by atoms with Gasteiger partial charge in [-0.05, 0) is 25.7 Å². The number of nitrogens with one attached hydrogen (secondary N) is 1. The fraction of sp³-hybridized carbons (Fsp3) is 0.700. The van der Waals surface area contributed by atoms with Crippen molar-refractivity contribution in [2.75, 3.05) is 11.9 Å². The second kappa shape index (κ2) is 4.78. The molecule has 1 aromatic heterocycles. The lowest BCUT2D eigenvalue weighted by Crippen LogP contribution is -2.24. The molecule has 1 aromatic rings. The van der Waals surface area contributed by atoms with E-state index >= 15 is 0 Å². The monoisotopic (exact) mass is 241 g/mol. The maximum absolute atomic E-state index is 11.0. The van der Waals surface area contributed by atoms with E-state index in [1.807, 2.05) is 6.92 Å². The molecule has 0 saturated heterocycles. The summed E-state index contributed by atoms with van der Waals surface area (Å²) in [5, 5.41) is 13.0. The van der Waals surface area contributed by atoms with Gasteiger partial charge in [0.05, 0.1) is 5.92 Å². The molecule has 1 fully saturated rings. The molecule has 0 radical (unpaired) electrons. The van der Waals surface area contributed by atoms with E-state index in [1.54, 1.807) is 0 Å². The summed E-state index contributed by atoms with van der Waals surface area (Å²) >= 11 is 1.32. The smallest absolute Gasteiger partial charge is 0.306 e. The van der Waals surface area contributed by atoms with Gasteiger partial charge in [0.25, 0.3) is 0 Å². The second-order valence-electron chi connectivity index (χ2n) is 4.16. The van der Waals surface area contributed by atoms with Crippen LogP contribution < -0.4 is 5.32 Å². The maximum atomic E-state index is 11.0. The number of rotatable bonds is 4. The Labute approximate surface area is 98.1 Å². The van der Waals surface area contributed by atoms with Crippen LogP contribution in [0.25, 0.3) is 0 Å². The summed E-state index contributed by atoms with van der Waals surface area (Å²) in [6.45, 7) is 2.53. The highest BCUT2D eigenvalue weighted by molar-refractivity contribution is 7.09. The lowest BCUT2D eigenvalue weighted by atomic mass is 9.96. The molecule has 0 amide bonds. The predicted octanol–water partition coefficient (Wildman–Crippen LogP) is 1.76. The summed E-state index contributed by atoms with van der Waals surface area (Å²) < 4.78 is 4.07. The van der Waals surface area contributed by atoms with Gasteiger partial charge in [-0.15, -0.1) is 0 Å². The Bertz CT molecular complexity index is 380. The van der Waals surface area contributed by atoms with Crippen molar-refractivity contribution >= 4 is 22.6 Å². The van der Waals surface area contributed by atoms with Gasteiger partial charge in [0.15, 0.2) is 0 Å². The third kappa shape index (κ3) is 2.49. The highest BCUT2D eigenvalue weighted by Crippen LogP contribution is 2.32. The molecule has 1 heterocycles. The van der Waals surface area contributed by atoms with Crippen molar-refractivity contribution in [2.45, 2.75) is 26.2 Å². The van der Waals surface area contributed by atoms with Crippen molar-refractivity contribution < 1.29 is 9.90 Å². The first-order chi connectivity index (χ1) is 7.66. The maximum Gasteiger partial charge on any atom is 0.306 e. The van der Waals surface area contributed by atoms with Crippen molar-refractivity contribution in [3.8, 4) is 0 Å². The minimum atomic E-state index is -0.669. The second-order valence-corrected chi connectivity index (χ2v) is 4.92. The zero-order chi connectivity index (χ0) is 11.5. The Morgan fingerprint density at radius 2 is 2.44 bits per heavy atom. The Hall–Kier alpha value is -1.17. The van der Waals surface area contributed by atoms with Crippen molar-refractivity contribution in [3.05, 3.63) is 5.82 Å². The van der Waals surface area contributed by atoms with Gasteiger partial charge in [-0.2, -0.15) is 4.37 Å². The Morgan fingerprint density at radius 3 is 3.06 bits per heavy atom. The number of anilines is 1. The molecule has 2 rings (SSSR count). The third-order valence-corrected chi connectivity index (χ3v) is 3.78. The molecule has 2 unspecified atom stereocenters. The molecule has 2 atom stereocenters. The van der Waals surface area contributed by atoms with Crippen molar-refractivity contribution in [3.63, 3.8) is 0 Å². The zero-order valence-corrected chi connectivity index (χ0v) is 9.96. The Kier molecular flexibility index (Phi) is 3.38. The number of carboxylic acid groups (broad SMARTS) is 1. The highest BCUT2D eigenvalue weighted by Gasteiger charge is 2.32. The Morgan fingerprint density at radius 1 is 1.62 bits per heavy atom. The molecule has 0 spiro atoms. The van der Waals surface area contributed by atoms with Crippen LogP contribution in [-0.2, 0) is 4.79 Å². The van der Waals surface area contributed by atoms with Crippen LogP contribution in [0.1, 0.15) is 25.1 Å². The SMILES string of the molecule is Cc1nsc(NCC2CCCC2C(=O)O)n1. The van der Waals surface area contributed by atoms with Crippen LogP contribution in [0.3, 0.4) is 0 Å². The van der Waals surface area contributed by atoms with Crippen LogP contribution in [-0.4, -0.2) is 27.0 Å². The molecule has 1 aliphatic rings. The first-order valence-corrected chi connectivity index (χ1v) is 6.21. The van der Waals surface area contributed by atoms with Gasteiger partial charge >= 0.3 is 5.97 Å². The molecule has 88 valence electrons. The number of hydrogen-bond donors (Lipinski definition) is 2.